The first kappa shape index (κ1) is 22.5. The lowest BCUT2D eigenvalue weighted by Crippen LogP contribution is -2.10. The van der Waals surface area contributed by atoms with Crippen molar-refractivity contribution in [2.24, 2.45) is 0 Å². The summed E-state index contributed by atoms with van der Waals surface area (Å²) in [5.74, 6) is 4.29. The van der Waals surface area contributed by atoms with E-state index in [2.05, 4.69) is 34.3 Å². The van der Waals surface area contributed by atoms with E-state index in [4.69, 9.17) is 18.6 Å². The van der Waals surface area contributed by atoms with Crippen molar-refractivity contribution in [2.75, 3.05) is 26.6 Å². The van der Waals surface area contributed by atoms with Gasteiger partial charge in [-0.3, -0.25) is 0 Å². The first-order chi connectivity index (χ1) is 17.0. The number of nitrogens with one attached hydrogen (secondary N) is 1. The number of nitrogens with zero attached hydrogens (tertiary/aromatic N) is 2. The van der Waals surface area contributed by atoms with Crippen LogP contribution in [-0.2, 0) is 0 Å². The third-order valence-electron chi connectivity index (χ3n) is 6.06. The Balaban J connectivity index is 1.48. The van der Waals surface area contributed by atoms with Gasteiger partial charge in [-0.1, -0.05) is 18.2 Å². The highest BCUT2D eigenvalue weighted by molar-refractivity contribution is 5.92. The van der Waals surface area contributed by atoms with Gasteiger partial charge in [-0.25, -0.2) is 9.97 Å². The van der Waals surface area contributed by atoms with E-state index < -0.39 is 0 Å². The van der Waals surface area contributed by atoms with Gasteiger partial charge in [0.25, 0.3) is 0 Å². The molecule has 0 aliphatic heterocycles. The van der Waals surface area contributed by atoms with Gasteiger partial charge < -0.3 is 23.9 Å². The predicted molar refractivity (Wildman–Crippen MR) is 138 cm³/mol. The van der Waals surface area contributed by atoms with Gasteiger partial charge in [-0.2, -0.15) is 0 Å². The number of fused-ring (bicyclic) bond motifs is 2. The van der Waals surface area contributed by atoms with E-state index in [0.717, 1.165) is 50.3 Å². The third kappa shape index (κ3) is 4.33. The van der Waals surface area contributed by atoms with Crippen LogP contribution in [0.15, 0.2) is 65.1 Å². The van der Waals surface area contributed by atoms with Crippen molar-refractivity contribution in [3.63, 3.8) is 0 Å². The maximum atomic E-state index is 6.11. The first-order valence-electron chi connectivity index (χ1n) is 11.3. The van der Waals surface area contributed by atoms with Crippen LogP contribution in [0.2, 0.25) is 0 Å². The Morgan fingerprint density at radius 3 is 2.43 bits per heavy atom. The molecule has 3 aromatic carbocycles. The Bertz CT molecular complexity index is 1530. The molecule has 0 bridgehead atoms. The molecule has 5 aromatic rings. The monoisotopic (exact) mass is 469 g/mol. The van der Waals surface area contributed by atoms with Crippen molar-refractivity contribution < 1.29 is 18.6 Å². The van der Waals surface area contributed by atoms with Gasteiger partial charge in [0.2, 0.25) is 0 Å². The molecule has 0 saturated heterocycles. The van der Waals surface area contributed by atoms with Crippen molar-refractivity contribution in [3.05, 3.63) is 72.1 Å². The highest BCUT2D eigenvalue weighted by Crippen LogP contribution is 2.36. The molecule has 0 fully saturated rings. The van der Waals surface area contributed by atoms with Crippen molar-refractivity contribution in [3.8, 4) is 28.6 Å². The van der Waals surface area contributed by atoms with E-state index >= 15 is 0 Å². The number of benzene rings is 3. The fourth-order valence-corrected chi connectivity index (χ4v) is 4.22. The summed E-state index contributed by atoms with van der Waals surface area (Å²) in [5, 5.41) is 5.42. The lowest BCUT2D eigenvalue weighted by Gasteiger charge is -2.18. The summed E-state index contributed by atoms with van der Waals surface area (Å²) >= 11 is 0. The molecule has 2 heterocycles. The van der Waals surface area contributed by atoms with Crippen LogP contribution in [-0.4, -0.2) is 31.3 Å². The number of hydrogen-bond donors (Lipinski definition) is 1. The zero-order valence-corrected chi connectivity index (χ0v) is 20.4. The van der Waals surface area contributed by atoms with E-state index in [0.29, 0.717) is 17.3 Å². The number of aromatic nitrogens is 2. The lowest BCUT2D eigenvalue weighted by molar-refractivity contribution is 0.356. The number of ether oxygens (including phenoxy) is 3. The van der Waals surface area contributed by atoms with E-state index in [1.165, 1.54) is 0 Å². The molecule has 0 aliphatic rings. The summed E-state index contributed by atoms with van der Waals surface area (Å²) in [6.07, 6.45) is 0. The van der Waals surface area contributed by atoms with Crippen molar-refractivity contribution in [2.45, 2.75) is 19.9 Å². The predicted octanol–water partition coefficient (Wildman–Crippen LogP) is 6.55. The molecule has 7 nitrogen and oxygen atoms in total. The van der Waals surface area contributed by atoms with Crippen LogP contribution in [0.4, 0.5) is 5.82 Å². The minimum absolute atomic E-state index is 0.0231. The molecule has 2 aromatic heterocycles. The van der Waals surface area contributed by atoms with Crippen molar-refractivity contribution in [1.82, 2.24) is 9.97 Å². The SMILES string of the molecule is COc1ccc2oc(-c3cccc(C(C)Nc4nc(C)nc5cc(OC)c(OC)cc45)c3)cc2c1. The fraction of sp³-hybridized carbons (Fsp3) is 0.214. The van der Waals surface area contributed by atoms with Crippen LogP contribution in [0.3, 0.4) is 0 Å². The van der Waals surface area contributed by atoms with E-state index in [9.17, 15) is 0 Å². The van der Waals surface area contributed by atoms with E-state index in [1.54, 1.807) is 21.3 Å². The minimum Gasteiger partial charge on any atom is -0.497 e. The molecule has 1 atom stereocenters. The standard InChI is InChI=1S/C28H27N3O4/c1-16(29-28-22-14-26(33-4)27(34-5)15-23(22)30-17(2)31-28)18-7-6-8-19(11-18)25-13-20-12-21(32-3)9-10-24(20)35-25/h6-16H,1-5H3,(H,29,30,31). The van der Waals surface area contributed by atoms with Gasteiger partial charge in [0.15, 0.2) is 11.5 Å². The van der Waals surface area contributed by atoms with Crippen LogP contribution in [0.5, 0.6) is 17.2 Å². The zero-order chi connectivity index (χ0) is 24.5. The lowest BCUT2D eigenvalue weighted by atomic mass is 10.0. The number of anilines is 1. The summed E-state index contributed by atoms with van der Waals surface area (Å²) in [5.41, 5.74) is 3.72. The molecular weight excluding hydrogens is 442 g/mol. The summed E-state index contributed by atoms with van der Waals surface area (Å²) in [4.78, 5) is 9.25. The molecule has 0 aliphatic carbocycles. The minimum atomic E-state index is -0.0231. The fourth-order valence-electron chi connectivity index (χ4n) is 4.22. The molecule has 7 heteroatoms. The highest BCUT2D eigenvalue weighted by atomic mass is 16.5. The van der Waals surface area contributed by atoms with Crippen LogP contribution in [0.1, 0.15) is 24.4 Å². The number of hydrogen-bond acceptors (Lipinski definition) is 7. The Morgan fingerprint density at radius 1 is 0.857 bits per heavy atom. The number of rotatable bonds is 7. The Kier molecular flexibility index (Phi) is 5.91. The van der Waals surface area contributed by atoms with Crippen LogP contribution in [0.25, 0.3) is 33.2 Å². The third-order valence-corrected chi connectivity index (χ3v) is 6.06. The molecule has 1 unspecified atom stereocenters. The molecule has 1 N–H and O–H groups in total. The topological polar surface area (TPSA) is 78.6 Å². The number of furan rings is 1. The average Bonchev–Trinajstić information content (AvgIpc) is 3.31. The maximum absolute atomic E-state index is 6.11. The average molecular weight is 470 g/mol. The van der Waals surface area contributed by atoms with Gasteiger partial charge in [0.1, 0.15) is 28.7 Å². The van der Waals surface area contributed by atoms with E-state index in [1.807, 2.05) is 55.5 Å². The Labute approximate surface area is 203 Å². The van der Waals surface area contributed by atoms with Crippen LogP contribution in [0, 0.1) is 6.92 Å². The van der Waals surface area contributed by atoms with Gasteiger partial charge in [-0.15, -0.1) is 0 Å². The highest BCUT2D eigenvalue weighted by Gasteiger charge is 2.16. The Hall–Kier alpha value is -4.26. The van der Waals surface area contributed by atoms with Crippen LogP contribution >= 0.6 is 0 Å². The molecular formula is C28H27N3O4. The molecule has 35 heavy (non-hydrogen) atoms. The normalized spacial score (nSPS) is 12.0. The second-order valence-corrected chi connectivity index (χ2v) is 8.35. The van der Waals surface area contributed by atoms with Gasteiger partial charge in [0.05, 0.1) is 26.8 Å². The molecule has 5 rings (SSSR count). The second-order valence-electron chi connectivity index (χ2n) is 8.35. The molecule has 0 amide bonds. The summed E-state index contributed by atoms with van der Waals surface area (Å²) < 4.78 is 22.4. The van der Waals surface area contributed by atoms with Gasteiger partial charge in [0, 0.05) is 28.4 Å². The summed E-state index contributed by atoms with van der Waals surface area (Å²) in [6.45, 7) is 3.98. The summed E-state index contributed by atoms with van der Waals surface area (Å²) in [6, 6.07) is 19.9. The smallest absolute Gasteiger partial charge is 0.162 e. The summed E-state index contributed by atoms with van der Waals surface area (Å²) in [7, 11) is 4.90. The largest absolute Gasteiger partial charge is 0.497 e. The maximum Gasteiger partial charge on any atom is 0.162 e. The second kappa shape index (κ2) is 9.18. The Morgan fingerprint density at radius 2 is 1.66 bits per heavy atom. The van der Waals surface area contributed by atoms with Crippen molar-refractivity contribution >= 4 is 27.7 Å². The first-order valence-corrected chi connectivity index (χ1v) is 11.3. The van der Waals surface area contributed by atoms with Gasteiger partial charge >= 0.3 is 0 Å². The number of aryl methyl sites for hydroxylation is 1. The van der Waals surface area contributed by atoms with E-state index in [-0.39, 0.29) is 6.04 Å². The van der Waals surface area contributed by atoms with Crippen LogP contribution < -0.4 is 19.5 Å². The zero-order valence-electron chi connectivity index (χ0n) is 20.4. The molecule has 0 spiro atoms. The molecule has 0 radical (unpaired) electrons. The molecule has 0 saturated carbocycles. The number of methoxy groups -OCH3 is 3. The quantitative estimate of drug-likeness (QED) is 0.289. The molecule has 178 valence electrons. The van der Waals surface area contributed by atoms with Crippen molar-refractivity contribution in [1.29, 1.82) is 0 Å². The van der Waals surface area contributed by atoms with Gasteiger partial charge in [-0.05, 0) is 55.8 Å².